The molecule has 2 aromatic rings. The number of hydrogen-bond acceptors (Lipinski definition) is 2. The molecule has 2 atom stereocenters. The molecule has 0 radical (unpaired) electrons. The highest BCUT2D eigenvalue weighted by atomic mass is 79.9. The third kappa shape index (κ3) is 2.58. The van der Waals surface area contributed by atoms with Gasteiger partial charge in [-0.3, -0.25) is 0 Å². The van der Waals surface area contributed by atoms with E-state index in [1.54, 1.807) is 0 Å². The molecule has 0 aromatic heterocycles. The normalized spacial score (nSPS) is 21.1. The van der Waals surface area contributed by atoms with Crippen LogP contribution in [0.1, 0.15) is 29.7 Å². The van der Waals surface area contributed by atoms with Crippen LogP contribution < -0.4 is 10.1 Å². The van der Waals surface area contributed by atoms with Crippen molar-refractivity contribution < 1.29 is 4.74 Å². The van der Waals surface area contributed by atoms with E-state index < -0.39 is 0 Å². The smallest absolute Gasteiger partial charge is 0.127 e. The number of hydrogen-bond donors (Lipinski definition) is 1. The minimum atomic E-state index is -0.0250. The van der Waals surface area contributed by atoms with Crippen LogP contribution in [0.2, 0.25) is 5.02 Å². The molecule has 1 aliphatic heterocycles. The van der Waals surface area contributed by atoms with Gasteiger partial charge in [0.05, 0.1) is 0 Å². The number of fused-ring (bicyclic) bond motifs is 1. The van der Waals surface area contributed by atoms with Crippen LogP contribution in [0.25, 0.3) is 0 Å². The zero-order valence-electron chi connectivity index (χ0n) is 11.1. The summed E-state index contributed by atoms with van der Waals surface area (Å²) in [5, 5.41) is 4.12. The number of nitrogens with one attached hydrogen (secondary N) is 1. The highest BCUT2D eigenvalue weighted by Crippen LogP contribution is 2.43. The molecule has 0 amide bonds. The third-order valence-electron chi connectivity index (χ3n) is 3.67. The van der Waals surface area contributed by atoms with Crippen molar-refractivity contribution in [3.63, 3.8) is 0 Å². The predicted molar refractivity (Wildman–Crippen MR) is 85.4 cm³/mol. The summed E-state index contributed by atoms with van der Waals surface area (Å²) < 4.78 is 7.18. The summed E-state index contributed by atoms with van der Waals surface area (Å²) in [6.07, 6.45) is 0.845. The summed E-state index contributed by atoms with van der Waals surface area (Å²) >= 11 is 9.79. The van der Waals surface area contributed by atoms with E-state index in [2.05, 4.69) is 27.3 Å². The third-order valence-corrected chi connectivity index (χ3v) is 4.51. The van der Waals surface area contributed by atoms with Gasteiger partial charge in [-0.05, 0) is 25.2 Å². The van der Waals surface area contributed by atoms with E-state index in [0.717, 1.165) is 27.2 Å². The van der Waals surface area contributed by atoms with Crippen LogP contribution in [-0.2, 0) is 0 Å². The van der Waals surface area contributed by atoms with Crippen molar-refractivity contribution in [3.8, 4) is 5.75 Å². The summed E-state index contributed by atoms with van der Waals surface area (Å²) in [6, 6.07) is 14.3. The topological polar surface area (TPSA) is 21.3 Å². The Morgan fingerprint density at radius 3 is 2.75 bits per heavy atom. The van der Waals surface area contributed by atoms with Gasteiger partial charge in [-0.2, -0.15) is 0 Å². The second kappa shape index (κ2) is 5.76. The van der Waals surface area contributed by atoms with Crippen molar-refractivity contribution in [1.82, 2.24) is 5.32 Å². The van der Waals surface area contributed by atoms with Crippen LogP contribution in [-0.4, -0.2) is 7.05 Å². The average molecular weight is 353 g/mol. The Labute approximate surface area is 132 Å². The first-order valence-electron chi connectivity index (χ1n) is 6.57. The monoisotopic (exact) mass is 351 g/mol. The second-order valence-electron chi connectivity index (χ2n) is 4.89. The Morgan fingerprint density at radius 2 is 2.00 bits per heavy atom. The Morgan fingerprint density at radius 1 is 1.20 bits per heavy atom. The van der Waals surface area contributed by atoms with Crippen molar-refractivity contribution in [1.29, 1.82) is 0 Å². The fourth-order valence-corrected chi connectivity index (χ4v) is 3.24. The molecule has 1 heterocycles. The molecule has 4 heteroatoms. The summed E-state index contributed by atoms with van der Waals surface area (Å²) in [6.45, 7) is 0. The lowest BCUT2D eigenvalue weighted by atomic mass is 9.93. The fourth-order valence-electron chi connectivity index (χ4n) is 2.64. The maximum Gasteiger partial charge on any atom is 0.127 e. The highest BCUT2D eigenvalue weighted by Gasteiger charge is 2.29. The molecule has 1 N–H and O–H groups in total. The standard InChI is InChI=1S/C16H15BrClNO/c1-19-14-9-16(11-4-2-3-5-13(11)18)20-15-8-10(17)6-7-12(14)15/h2-8,14,16,19H,9H2,1H3. The molecule has 0 aliphatic carbocycles. The van der Waals surface area contributed by atoms with Gasteiger partial charge in [-0.1, -0.05) is 51.8 Å². The lowest BCUT2D eigenvalue weighted by Gasteiger charge is -2.32. The second-order valence-corrected chi connectivity index (χ2v) is 6.21. The van der Waals surface area contributed by atoms with Gasteiger partial charge in [0.25, 0.3) is 0 Å². The van der Waals surface area contributed by atoms with Gasteiger partial charge in [-0.15, -0.1) is 0 Å². The molecule has 0 spiro atoms. The summed E-state index contributed by atoms with van der Waals surface area (Å²) in [4.78, 5) is 0. The van der Waals surface area contributed by atoms with Gasteiger partial charge >= 0.3 is 0 Å². The van der Waals surface area contributed by atoms with Gasteiger partial charge in [-0.25, -0.2) is 0 Å². The predicted octanol–water partition coefficient (Wildman–Crippen LogP) is 4.89. The zero-order valence-corrected chi connectivity index (χ0v) is 13.4. The minimum absolute atomic E-state index is 0.0250. The molecule has 2 aromatic carbocycles. The molecule has 104 valence electrons. The first-order chi connectivity index (χ1) is 9.69. The number of ether oxygens (including phenoxy) is 1. The molecule has 0 fully saturated rings. The van der Waals surface area contributed by atoms with E-state index >= 15 is 0 Å². The average Bonchev–Trinajstić information content (AvgIpc) is 2.46. The highest BCUT2D eigenvalue weighted by molar-refractivity contribution is 9.10. The van der Waals surface area contributed by atoms with Crippen LogP contribution in [0.5, 0.6) is 5.75 Å². The molecule has 0 saturated heterocycles. The first-order valence-corrected chi connectivity index (χ1v) is 7.74. The summed E-state index contributed by atoms with van der Waals surface area (Å²) in [5.74, 6) is 0.912. The molecule has 0 saturated carbocycles. The Hall–Kier alpha value is -1.03. The van der Waals surface area contributed by atoms with E-state index in [-0.39, 0.29) is 12.1 Å². The molecule has 2 unspecified atom stereocenters. The van der Waals surface area contributed by atoms with E-state index in [4.69, 9.17) is 16.3 Å². The molecule has 20 heavy (non-hydrogen) atoms. The zero-order chi connectivity index (χ0) is 14.1. The van der Waals surface area contributed by atoms with E-state index in [1.807, 2.05) is 43.4 Å². The van der Waals surface area contributed by atoms with Crippen molar-refractivity contribution in [2.24, 2.45) is 0 Å². The maximum absolute atomic E-state index is 6.30. The molecule has 2 nitrogen and oxygen atoms in total. The Kier molecular flexibility index (Phi) is 4.01. The van der Waals surface area contributed by atoms with Gasteiger partial charge in [0.1, 0.15) is 11.9 Å². The fraction of sp³-hybridized carbons (Fsp3) is 0.250. The van der Waals surface area contributed by atoms with Gasteiger partial charge < -0.3 is 10.1 Å². The summed E-state index contributed by atoms with van der Waals surface area (Å²) in [5.41, 5.74) is 2.24. The van der Waals surface area contributed by atoms with E-state index in [1.165, 1.54) is 5.56 Å². The van der Waals surface area contributed by atoms with E-state index in [0.29, 0.717) is 0 Å². The largest absolute Gasteiger partial charge is 0.485 e. The van der Waals surface area contributed by atoms with Crippen LogP contribution in [0.4, 0.5) is 0 Å². The molecule has 0 bridgehead atoms. The van der Waals surface area contributed by atoms with Crippen molar-refractivity contribution in [2.75, 3.05) is 7.05 Å². The van der Waals surface area contributed by atoms with Gasteiger partial charge in [0, 0.05) is 33.1 Å². The molecule has 3 rings (SSSR count). The van der Waals surface area contributed by atoms with Gasteiger partial charge in [0.15, 0.2) is 0 Å². The molecular formula is C16H15BrClNO. The molecular weight excluding hydrogens is 338 g/mol. The number of rotatable bonds is 2. The lowest BCUT2D eigenvalue weighted by molar-refractivity contribution is 0.154. The van der Waals surface area contributed by atoms with Crippen LogP contribution in [0, 0.1) is 0 Å². The van der Waals surface area contributed by atoms with E-state index in [9.17, 15) is 0 Å². The SMILES string of the molecule is CNC1CC(c2ccccc2Cl)Oc2cc(Br)ccc21. The first kappa shape index (κ1) is 13.9. The number of halogens is 2. The Bertz CT molecular complexity index is 632. The Balaban J connectivity index is 2.00. The maximum atomic E-state index is 6.30. The summed E-state index contributed by atoms with van der Waals surface area (Å²) in [7, 11) is 1.98. The van der Waals surface area contributed by atoms with Crippen LogP contribution in [0.3, 0.4) is 0 Å². The minimum Gasteiger partial charge on any atom is -0.485 e. The lowest BCUT2D eigenvalue weighted by Crippen LogP contribution is -2.26. The van der Waals surface area contributed by atoms with Crippen LogP contribution >= 0.6 is 27.5 Å². The quantitative estimate of drug-likeness (QED) is 0.831. The van der Waals surface area contributed by atoms with Gasteiger partial charge in [0.2, 0.25) is 0 Å². The van der Waals surface area contributed by atoms with Crippen molar-refractivity contribution >= 4 is 27.5 Å². The van der Waals surface area contributed by atoms with Crippen molar-refractivity contribution in [3.05, 3.63) is 63.1 Å². The van der Waals surface area contributed by atoms with Crippen LogP contribution in [0.15, 0.2) is 46.9 Å². The molecule has 1 aliphatic rings. The number of benzene rings is 2. The van der Waals surface area contributed by atoms with Crippen molar-refractivity contribution in [2.45, 2.75) is 18.6 Å².